The Morgan fingerprint density at radius 3 is 2.79 bits per heavy atom. The summed E-state index contributed by atoms with van der Waals surface area (Å²) in [5.74, 6) is 1.55. The second kappa shape index (κ2) is 10.9. The number of hydrogen-bond acceptors (Lipinski definition) is 6. The number of amides is 1. The molecule has 4 heterocycles. The van der Waals surface area contributed by atoms with Crippen molar-refractivity contribution >= 4 is 23.8 Å². The highest BCUT2D eigenvalue weighted by molar-refractivity contribution is 5.94. The third-order valence-corrected chi connectivity index (χ3v) is 6.73. The van der Waals surface area contributed by atoms with Gasteiger partial charge in [0.05, 0.1) is 29.7 Å². The van der Waals surface area contributed by atoms with Crippen molar-refractivity contribution in [3.8, 4) is 11.4 Å². The molecular weight excluding hydrogens is 497 g/mol. The normalized spacial score (nSPS) is 17.9. The minimum absolute atomic E-state index is 0.00242. The van der Waals surface area contributed by atoms with Gasteiger partial charge in [-0.3, -0.25) is 5.41 Å². The molecule has 39 heavy (non-hydrogen) atoms. The van der Waals surface area contributed by atoms with Crippen molar-refractivity contribution < 1.29 is 13.9 Å². The van der Waals surface area contributed by atoms with Gasteiger partial charge in [0.1, 0.15) is 28.9 Å². The number of imidazole rings is 1. The first kappa shape index (κ1) is 26.4. The average Bonchev–Trinajstić information content (AvgIpc) is 3.54. The number of H-pyrrole nitrogens is 1. The lowest BCUT2D eigenvalue weighted by Crippen LogP contribution is -2.60. The zero-order valence-electron chi connectivity index (χ0n) is 22.4. The predicted molar refractivity (Wildman–Crippen MR) is 149 cm³/mol. The molecule has 2 aliphatic heterocycles. The zero-order valence-corrected chi connectivity index (χ0v) is 22.4. The maximum Gasteiger partial charge on any atom is 0.407 e. The van der Waals surface area contributed by atoms with Crippen LogP contribution in [-0.2, 0) is 4.74 Å². The molecule has 1 amide bonds. The van der Waals surface area contributed by atoms with Gasteiger partial charge in [-0.05, 0) is 75.6 Å². The van der Waals surface area contributed by atoms with E-state index in [0.717, 1.165) is 42.2 Å². The van der Waals surface area contributed by atoms with Crippen molar-refractivity contribution in [1.29, 1.82) is 5.41 Å². The maximum absolute atomic E-state index is 13.7. The fourth-order valence-corrected chi connectivity index (χ4v) is 4.90. The van der Waals surface area contributed by atoms with Crippen LogP contribution < -0.4 is 10.2 Å². The van der Waals surface area contributed by atoms with Crippen LogP contribution in [0.1, 0.15) is 51.0 Å². The van der Waals surface area contributed by atoms with Crippen molar-refractivity contribution in [2.75, 3.05) is 24.5 Å². The highest BCUT2D eigenvalue weighted by Crippen LogP contribution is 2.32. The molecule has 10 heteroatoms. The Morgan fingerprint density at radius 2 is 2.03 bits per heavy atom. The van der Waals surface area contributed by atoms with E-state index in [1.165, 1.54) is 6.07 Å². The molecule has 2 aliphatic rings. The number of aromatic amines is 1. The molecule has 3 N–H and O–H groups in total. The van der Waals surface area contributed by atoms with Gasteiger partial charge in [-0.15, -0.1) is 0 Å². The number of alkyl carbamates (subject to hydrolysis) is 1. The molecule has 0 spiro atoms. The van der Waals surface area contributed by atoms with Gasteiger partial charge in [-0.2, -0.15) is 0 Å². The van der Waals surface area contributed by atoms with Crippen LogP contribution in [0.15, 0.2) is 54.7 Å². The lowest BCUT2D eigenvalue weighted by molar-refractivity contribution is 0.0496. The summed E-state index contributed by atoms with van der Waals surface area (Å²) < 4.78 is 19.1. The predicted octanol–water partition coefficient (Wildman–Crippen LogP) is 5.15. The van der Waals surface area contributed by atoms with E-state index in [1.807, 2.05) is 49.9 Å². The molecule has 0 aliphatic carbocycles. The molecule has 2 fully saturated rings. The zero-order chi connectivity index (χ0) is 27.6. The smallest absolute Gasteiger partial charge is 0.407 e. The van der Waals surface area contributed by atoms with E-state index in [4.69, 9.17) is 15.1 Å². The lowest BCUT2D eigenvalue weighted by atomic mass is 10.0. The van der Waals surface area contributed by atoms with Gasteiger partial charge in [0.15, 0.2) is 0 Å². The minimum atomic E-state index is -0.527. The maximum atomic E-state index is 13.7. The van der Waals surface area contributed by atoms with E-state index in [2.05, 4.69) is 20.2 Å². The second-order valence-electron chi connectivity index (χ2n) is 10.9. The molecular formula is C29H34FN7O2. The number of amidine groups is 1. The Hall–Kier alpha value is -4.21. The van der Waals surface area contributed by atoms with E-state index < -0.39 is 11.7 Å². The number of carbonyl (C=O) groups is 1. The summed E-state index contributed by atoms with van der Waals surface area (Å²) in [7, 11) is 0. The van der Waals surface area contributed by atoms with Crippen molar-refractivity contribution in [2.45, 2.75) is 51.3 Å². The van der Waals surface area contributed by atoms with Crippen LogP contribution in [0.25, 0.3) is 17.5 Å². The molecule has 0 saturated carbocycles. The highest BCUT2D eigenvalue weighted by atomic mass is 19.1. The topological polar surface area (TPSA) is 110 Å². The number of hydrogen-bond donors (Lipinski definition) is 3. The molecule has 2 aromatic heterocycles. The summed E-state index contributed by atoms with van der Waals surface area (Å²) in [5.41, 5.74) is 1.89. The number of halogens is 1. The number of carbonyl (C=O) groups excluding carboxylic acids is 1. The summed E-state index contributed by atoms with van der Waals surface area (Å²) in [6, 6.07) is 12.4. The van der Waals surface area contributed by atoms with Crippen molar-refractivity contribution in [3.05, 3.63) is 71.9 Å². The van der Waals surface area contributed by atoms with Crippen molar-refractivity contribution in [1.82, 2.24) is 25.2 Å². The largest absolute Gasteiger partial charge is 0.444 e. The molecule has 1 aromatic carbocycles. The quantitative estimate of drug-likeness (QED) is 0.300. The van der Waals surface area contributed by atoms with Gasteiger partial charge in [0, 0.05) is 19.6 Å². The van der Waals surface area contributed by atoms with Gasteiger partial charge in [-0.25, -0.2) is 19.2 Å². The lowest BCUT2D eigenvalue weighted by Gasteiger charge is -2.40. The molecule has 2 saturated heterocycles. The third-order valence-electron chi connectivity index (χ3n) is 6.73. The number of anilines is 1. The Balaban J connectivity index is 1.18. The average molecular weight is 532 g/mol. The number of nitrogens with zero attached hydrogens (tertiary/aromatic N) is 4. The molecule has 3 aromatic rings. The van der Waals surface area contributed by atoms with E-state index in [1.54, 1.807) is 30.5 Å². The van der Waals surface area contributed by atoms with Crippen LogP contribution >= 0.6 is 0 Å². The second-order valence-corrected chi connectivity index (χ2v) is 10.9. The summed E-state index contributed by atoms with van der Waals surface area (Å²) in [4.78, 5) is 28.6. The number of ether oxygens (including phenoxy) is 1. The molecule has 0 radical (unpaired) electrons. The Bertz CT molecular complexity index is 1370. The van der Waals surface area contributed by atoms with E-state index in [9.17, 15) is 9.18 Å². The summed E-state index contributed by atoms with van der Waals surface area (Å²) in [5, 5.41) is 11.5. The molecule has 0 unspecified atom stereocenters. The van der Waals surface area contributed by atoms with Crippen LogP contribution in [0.4, 0.5) is 15.0 Å². The molecule has 1 atom stereocenters. The standard InChI is InChI=1S/C29H34FN7O2/c1-29(2,3)39-28(38)33-21-17-36(18-21)27-11-5-9-22(35-27)23-16-32-26(34-23)13-12-25(31)37-14-6-10-24(37)19-7-4-8-20(30)15-19/h4-5,7-9,11-13,15-16,21,24,31H,6,10,14,17-18H2,1-3H3,(H,32,34)(H,33,38)/b13-12-,31-25?/t24-/m1/s1. The first-order chi connectivity index (χ1) is 18.6. The fourth-order valence-electron chi connectivity index (χ4n) is 4.90. The Kier molecular flexibility index (Phi) is 7.36. The van der Waals surface area contributed by atoms with Gasteiger partial charge in [-0.1, -0.05) is 18.2 Å². The van der Waals surface area contributed by atoms with Crippen molar-refractivity contribution in [3.63, 3.8) is 0 Å². The van der Waals surface area contributed by atoms with Crippen molar-refractivity contribution in [2.24, 2.45) is 0 Å². The first-order valence-electron chi connectivity index (χ1n) is 13.2. The first-order valence-corrected chi connectivity index (χ1v) is 13.2. The fraction of sp³-hybridized carbons (Fsp3) is 0.379. The number of nitrogens with one attached hydrogen (secondary N) is 3. The van der Waals surface area contributed by atoms with Gasteiger partial charge < -0.3 is 24.8 Å². The molecule has 204 valence electrons. The van der Waals surface area contributed by atoms with Crippen LogP contribution in [0.5, 0.6) is 0 Å². The van der Waals surface area contributed by atoms with E-state index >= 15 is 0 Å². The number of likely N-dealkylation sites (tertiary alicyclic amines) is 1. The molecule has 0 bridgehead atoms. The van der Waals surface area contributed by atoms with Crippen LogP contribution in [0.3, 0.4) is 0 Å². The number of benzene rings is 1. The Morgan fingerprint density at radius 1 is 1.23 bits per heavy atom. The monoisotopic (exact) mass is 531 g/mol. The van der Waals surface area contributed by atoms with Crippen LogP contribution in [0, 0.1) is 11.2 Å². The highest BCUT2D eigenvalue weighted by Gasteiger charge is 2.31. The number of pyridine rings is 1. The van der Waals surface area contributed by atoms with Gasteiger partial charge in [0.2, 0.25) is 0 Å². The molecule has 9 nitrogen and oxygen atoms in total. The summed E-state index contributed by atoms with van der Waals surface area (Å²) in [6.07, 6.45) is 6.67. The van der Waals surface area contributed by atoms with Gasteiger partial charge in [0.25, 0.3) is 0 Å². The third kappa shape index (κ3) is 6.45. The SMILES string of the molecule is CC(C)(C)OC(=O)NC1CN(c2cccc(-c3cnc(/C=C\C(=N)N4CCC[C@@H]4c4cccc(F)c4)[nH]3)n2)C1. The Labute approximate surface area is 227 Å². The summed E-state index contributed by atoms with van der Waals surface area (Å²) >= 11 is 0. The van der Waals surface area contributed by atoms with Crippen LogP contribution in [0.2, 0.25) is 0 Å². The van der Waals surface area contributed by atoms with E-state index in [-0.39, 0.29) is 17.9 Å². The molecule has 5 rings (SSSR count). The number of rotatable bonds is 6. The van der Waals surface area contributed by atoms with Gasteiger partial charge >= 0.3 is 6.09 Å². The van der Waals surface area contributed by atoms with Crippen LogP contribution in [-0.4, -0.2) is 63.1 Å². The van der Waals surface area contributed by atoms with E-state index in [0.29, 0.717) is 24.7 Å². The summed E-state index contributed by atoms with van der Waals surface area (Å²) in [6.45, 7) is 7.59. The minimum Gasteiger partial charge on any atom is -0.444 e. The number of aromatic nitrogens is 3.